The molecule has 0 atom stereocenters. The van der Waals surface area contributed by atoms with Crippen molar-refractivity contribution in [1.82, 2.24) is 0 Å². The summed E-state index contributed by atoms with van der Waals surface area (Å²) in [7, 11) is 0. The standard InChI is InChI=1S/C12H10F13I/c1-6(2,3)5(26)4-7(13,14)8(15,16)9(17,18)10(19,20)11(21,22)12(23,24)25/h4H,1-3H3/b5-4-. The van der Waals surface area contributed by atoms with Gasteiger partial charge in [-0.25, -0.2) is 0 Å². The molecule has 14 heteroatoms. The minimum atomic E-state index is -7.87. The lowest BCUT2D eigenvalue weighted by Gasteiger charge is -2.39. The molecule has 0 radical (unpaired) electrons. The van der Waals surface area contributed by atoms with Crippen molar-refractivity contribution in [2.45, 2.75) is 56.6 Å². The van der Waals surface area contributed by atoms with Crippen LogP contribution in [0.4, 0.5) is 57.1 Å². The van der Waals surface area contributed by atoms with Gasteiger partial charge in [-0.3, -0.25) is 0 Å². The lowest BCUT2D eigenvalue weighted by molar-refractivity contribution is -0.436. The van der Waals surface area contributed by atoms with Gasteiger partial charge < -0.3 is 0 Å². The first-order chi connectivity index (χ1) is 10.9. The molecule has 0 rings (SSSR count). The number of allylic oxidation sites excluding steroid dienone is 2. The molecule has 0 aromatic heterocycles. The average molecular weight is 528 g/mol. The maximum absolute atomic E-state index is 13.5. The summed E-state index contributed by atoms with van der Waals surface area (Å²) in [4.78, 5) is 0. The van der Waals surface area contributed by atoms with Gasteiger partial charge in [0.2, 0.25) is 0 Å². The highest BCUT2D eigenvalue weighted by Crippen LogP contribution is 2.60. The number of hydrogen-bond donors (Lipinski definition) is 0. The zero-order valence-corrected chi connectivity index (χ0v) is 15.0. The predicted octanol–water partition coefficient (Wildman–Crippen LogP) is 7.09. The summed E-state index contributed by atoms with van der Waals surface area (Å²) < 4.78 is 167. The fourth-order valence-corrected chi connectivity index (χ4v) is 1.64. The van der Waals surface area contributed by atoms with Crippen LogP contribution >= 0.6 is 22.6 Å². The summed E-state index contributed by atoms with van der Waals surface area (Å²) in [5.74, 6) is -36.8. The fraction of sp³-hybridized carbons (Fsp3) is 0.833. The first kappa shape index (κ1) is 25.6. The van der Waals surface area contributed by atoms with Crippen molar-refractivity contribution in [3.05, 3.63) is 9.66 Å². The number of hydrogen-bond acceptors (Lipinski definition) is 0. The molecule has 156 valence electrons. The van der Waals surface area contributed by atoms with Crippen molar-refractivity contribution >= 4 is 22.6 Å². The zero-order chi connectivity index (χ0) is 21.8. The Bertz CT molecular complexity index is 550. The molecule has 0 heterocycles. The lowest BCUT2D eigenvalue weighted by Crippen LogP contribution is -2.69. The van der Waals surface area contributed by atoms with Gasteiger partial charge in [-0.15, -0.1) is 0 Å². The van der Waals surface area contributed by atoms with Crippen LogP contribution in [0.15, 0.2) is 9.66 Å². The van der Waals surface area contributed by atoms with Gasteiger partial charge in [0.15, 0.2) is 0 Å². The summed E-state index contributed by atoms with van der Waals surface area (Å²) in [5.41, 5.74) is -1.37. The molecule has 0 fully saturated rings. The van der Waals surface area contributed by atoms with E-state index in [0.717, 1.165) is 43.4 Å². The van der Waals surface area contributed by atoms with Crippen molar-refractivity contribution in [1.29, 1.82) is 0 Å². The molecule has 0 aromatic carbocycles. The van der Waals surface area contributed by atoms with Gasteiger partial charge in [0.05, 0.1) is 0 Å². The van der Waals surface area contributed by atoms with Crippen molar-refractivity contribution in [3.63, 3.8) is 0 Å². The first-order valence-electron chi connectivity index (χ1n) is 6.22. The Morgan fingerprint density at radius 3 is 1.15 bits per heavy atom. The molecule has 26 heavy (non-hydrogen) atoms. The van der Waals surface area contributed by atoms with Crippen molar-refractivity contribution in [2.24, 2.45) is 5.41 Å². The van der Waals surface area contributed by atoms with Crippen LogP contribution in [0.3, 0.4) is 0 Å². The quantitative estimate of drug-likeness (QED) is 0.264. The fourth-order valence-electron chi connectivity index (χ4n) is 1.25. The largest absolute Gasteiger partial charge is 0.460 e. The molecule has 0 nitrogen and oxygen atoms in total. The molecular formula is C12H10F13I. The van der Waals surface area contributed by atoms with E-state index >= 15 is 0 Å². The topological polar surface area (TPSA) is 0 Å². The van der Waals surface area contributed by atoms with Gasteiger partial charge in [0.1, 0.15) is 0 Å². The average Bonchev–Trinajstić information content (AvgIpc) is 2.34. The van der Waals surface area contributed by atoms with Crippen LogP contribution < -0.4 is 0 Å². The summed E-state index contributed by atoms with van der Waals surface area (Å²) in [5, 5.41) is 0. The van der Waals surface area contributed by atoms with E-state index in [4.69, 9.17) is 0 Å². The number of halogens is 14. The predicted molar refractivity (Wildman–Crippen MR) is 72.3 cm³/mol. The lowest BCUT2D eigenvalue weighted by atomic mass is 9.91. The Balaban J connectivity index is 6.43. The highest BCUT2D eigenvalue weighted by atomic mass is 127. The minimum absolute atomic E-state index is 0.763. The third kappa shape index (κ3) is 3.88. The molecule has 0 aliphatic heterocycles. The first-order valence-corrected chi connectivity index (χ1v) is 7.30. The van der Waals surface area contributed by atoms with Gasteiger partial charge >= 0.3 is 35.8 Å². The molecule has 0 aromatic rings. The molecule has 0 unspecified atom stereocenters. The second kappa shape index (κ2) is 6.57. The molecule has 0 aliphatic carbocycles. The number of rotatable bonds is 5. The molecule has 0 saturated heterocycles. The van der Waals surface area contributed by atoms with Crippen LogP contribution in [-0.4, -0.2) is 35.8 Å². The Labute approximate surface area is 151 Å². The zero-order valence-electron chi connectivity index (χ0n) is 12.9. The second-order valence-corrected chi connectivity index (χ2v) is 7.32. The van der Waals surface area contributed by atoms with Gasteiger partial charge in [-0.2, -0.15) is 57.1 Å². The van der Waals surface area contributed by atoms with Crippen molar-refractivity contribution < 1.29 is 57.1 Å². The molecule has 0 saturated carbocycles. The van der Waals surface area contributed by atoms with E-state index in [1.165, 1.54) is 0 Å². The molecule has 0 amide bonds. The van der Waals surface area contributed by atoms with Gasteiger partial charge in [0.25, 0.3) is 0 Å². The highest BCUT2D eigenvalue weighted by molar-refractivity contribution is 14.1. The Morgan fingerprint density at radius 1 is 0.577 bits per heavy atom. The van der Waals surface area contributed by atoms with E-state index in [-0.39, 0.29) is 0 Å². The minimum Gasteiger partial charge on any atom is -0.195 e. The summed E-state index contributed by atoms with van der Waals surface area (Å²) in [6.07, 6.45) is -8.29. The summed E-state index contributed by atoms with van der Waals surface area (Å²) in [6, 6.07) is 0. The highest BCUT2D eigenvalue weighted by Gasteiger charge is 2.90. The molecular weight excluding hydrogens is 518 g/mol. The van der Waals surface area contributed by atoms with Crippen molar-refractivity contribution in [3.8, 4) is 0 Å². The summed E-state index contributed by atoms with van der Waals surface area (Å²) in [6.45, 7) is 3.39. The van der Waals surface area contributed by atoms with Crippen LogP contribution in [0, 0.1) is 5.41 Å². The van der Waals surface area contributed by atoms with E-state index in [2.05, 4.69) is 0 Å². The van der Waals surface area contributed by atoms with Crippen LogP contribution in [0.2, 0.25) is 0 Å². The SMILES string of the molecule is CC(C)(C)/C(I)=C/C(F)(F)C(F)(F)C(F)(F)C(F)(F)C(F)(F)C(F)(F)F. The molecule has 0 bridgehead atoms. The third-order valence-corrected chi connectivity index (χ3v) is 4.91. The maximum Gasteiger partial charge on any atom is 0.460 e. The Kier molecular flexibility index (Phi) is 6.46. The van der Waals surface area contributed by atoms with Gasteiger partial charge in [0, 0.05) is 6.08 Å². The normalized spacial score (nSPS) is 16.9. The van der Waals surface area contributed by atoms with Crippen LogP contribution in [0.5, 0.6) is 0 Å². The third-order valence-electron chi connectivity index (χ3n) is 2.98. The molecule has 0 spiro atoms. The van der Waals surface area contributed by atoms with Gasteiger partial charge in [-0.1, -0.05) is 20.8 Å². The van der Waals surface area contributed by atoms with E-state index in [0.29, 0.717) is 0 Å². The van der Waals surface area contributed by atoms with Crippen LogP contribution in [0.1, 0.15) is 20.8 Å². The van der Waals surface area contributed by atoms with E-state index in [1.54, 1.807) is 0 Å². The summed E-state index contributed by atoms with van der Waals surface area (Å²) >= 11 is 0.979. The smallest absolute Gasteiger partial charge is 0.195 e. The van der Waals surface area contributed by atoms with E-state index in [9.17, 15) is 57.1 Å². The molecule has 0 N–H and O–H groups in total. The van der Waals surface area contributed by atoms with Crippen LogP contribution in [-0.2, 0) is 0 Å². The van der Waals surface area contributed by atoms with Gasteiger partial charge in [-0.05, 0) is 31.6 Å². The molecule has 0 aliphatic rings. The number of alkyl halides is 13. The monoisotopic (exact) mass is 528 g/mol. The van der Waals surface area contributed by atoms with E-state index in [1.807, 2.05) is 0 Å². The second-order valence-electron chi connectivity index (χ2n) is 6.16. The Hall–Kier alpha value is -0.440. The Morgan fingerprint density at radius 2 is 0.885 bits per heavy atom. The van der Waals surface area contributed by atoms with Crippen molar-refractivity contribution in [2.75, 3.05) is 0 Å². The maximum atomic E-state index is 13.5. The van der Waals surface area contributed by atoms with Crippen LogP contribution in [0.25, 0.3) is 0 Å². The van der Waals surface area contributed by atoms with E-state index < -0.39 is 50.9 Å².